The molecule has 0 fully saturated rings. The second-order valence-electron chi connectivity index (χ2n) is 7.70. The molecule has 172 valence electrons. The van der Waals surface area contributed by atoms with Crippen molar-refractivity contribution >= 4 is 39.1 Å². The van der Waals surface area contributed by atoms with E-state index >= 15 is 0 Å². The number of methoxy groups -OCH3 is 2. The van der Waals surface area contributed by atoms with Gasteiger partial charge in [-0.05, 0) is 33.7 Å². The largest absolute Gasteiger partial charge is 0.496 e. The minimum atomic E-state index is -1.09. The lowest BCUT2D eigenvalue weighted by atomic mass is 9.95. The molecule has 4 rings (SSSR count). The number of fused-ring (bicyclic) bond motifs is 2. The van der Waals surface area contributed by atoms with E-state index in [-0.39, 0.29) is 12.1 Å². The average molecular weight is 458 g/mol. The fourth-order valence-electron chi connectivity index (χ4n) is 4.08. The van der Waals surface area contributed by atoms with Gasteiger partial charge in [0.1, 0.15) is 11.8 Å². The van der Waals surface area contributed by atoms with Gasteiger partial charge in [-0.1, -0.05) is 48.5 Å². The Balaban J connectivity index is 1.76. The molecule has 0 spiro atoms. The Kier molecular flexibility index (Phi) is 6.40. The molecule has 0 aromatic heterocycles. The molecule has 0 aliphatic rings. The number of nitro benzene ring substituents is 1. The number of benzene rings is 4. The summed E-state index contributed by atoms with van der Waals surface area (Å²) in [5.41, 5.74) is 0.689. The van der Waals surface area contributed by atoms with E-state index in [2.05, 4.69) is 5.32 Å². The zero-order valence-electron chi connectivity index (χ0n) is 18.6. The summed E-state index contributed by atoms with van der Waals surface area (Å²) in [6.07, 6.45) is -0.0496. The number of carbonyl (C=O) groups is 2. The molecule has 4 aromatic rings. The highest BCUT2D eigenvalue weighted by molar-refractivity contribution is 6.18. The first-order valence-corrected chi connectivity index (χ1v) is 10.5. The Morgan fingerprint density at radius 3 is 2.12 bits per heavy atom. The second-order valence-corrected chi connectivity index (χ2v) is 7.70. The summed E-state index contributed by atoms with van der Waals surface area (Å²) in [6, 6.07) is 20.1. The molecule has 1 atom stereocenters. The van der Waals surface area contributed by atoms with Crippen LogP contribution in [0.1, 0.15) is 15.9 Å². The molecule has 0 radical (unpaired) electrons. The number of ether oxygens (including phenoxy) is 2. The van der Waals surface area contributed by atoms with Gasteiger partial charge in [-0.3, -0.25) is 14.9 Å². The summed E-state index contributed by atoms with van der Waals surface area (Å²) in [6.45, 7) is 0. The summed E-state index contributed by atoms with van der Waals surface area (Å²) >= 11 is 0. The van der Waals surface area contributed by atoms with E-state index in [0.29, 0.717) is 16.9 Å². The first-order chi connectivity index (χ1) is 16.4. The van der Waals surface area contributed by atoms with Crippen LogP contribution in [0.2, 0.25) is 0 Å². The van der Waals surface area contributed by atoms with Gasteiger partial charge in [-0.2, -0.15) is 0 Å². The number of hydrogen-bond donors (Lipinski definition) is 1. The van der Waals surface area contributed by atoms with Crippen LogP contribution in [0.5, 0.6) is 5.75 Å². The molecule has 0 unspecified atom stereocenters. The summed E-state index contributed by atoms with van der Waals surface area (Å²) < 4.78 is 10.2. The highest BCUT2D eigenvalue weighted by Crippen LogP contribution is 2.29. The maximum absolute atomic E-state index is 13.6. The van der Waals surface area contributed by atoms with Gasteiger partial charge < -0.3 is 14.8 Å². The van der Waals surface area contributed by atoms with E-state index in [1.54, 1.807) is 0 Å². The Labute approximate surface area is 195 Å². The number of nitro groups is 1. The lowest BCUT2D eigenvalue weighted by Gasteiger charge is -2.19. The van der Waals surface area contributed by atoms with Crippen molar-refractivity contribution in [2.75, 3.05) is 14.2 Å². The van der Waals surface area contributed by atoms with Gasteiger partial charge in [0.2, 0.25) is 0 Å². The Morgan fingerprint density at radius 2 is 1.56 bits per heavy atom. The number of carbonyl (C=O) groups excluding carboxylic acids is 2. The molecule has 8 nitrogen and oxygen atoms in total. The maximum Gasteiger partial charge on any atom is 0.328 e. The van der Waals surface area contributed by atoms with E-state index in [0.717, 1.165) is 21.5 Å². The van der Waals surface area contributed by atoms with E-state index < -0.39 is 22.8 Å². The lowest BCUT2D eigenvalue weighted by molar-refractivity contribution is -0.384. The number of non-ortho nitro benzene ring substituents is 1. The Morgan fingerprint density at radius 1 is 0.941 bits per heavy atom. The van der Waals surface area contributed by atoms with Crippen LogP contribution in [0, 0.1) is 10.1 Å². The molecule has 1 N–H and O–H groups in total. The van der Waals surface area contributed by atoms with Crippen LogP contribution >= 0.6 is 0 Å². The minimum Gasteiger partial charge on any atom is -0.496 e. The monoisotopic (exact) mass is 458 g/mol. The third kappa shape index (κ3) is 4.38. The number of hydrogen-bond acceptors (Lipinski definition) is 6. The third-order valence-electron chi connectivity index (χ3n) is 5.69. The smallest absolute Gasteiger partial charge is 0.328 e. The molecule has 34 heavy (non-hydrogen) atoms. The van der Waals surface area contributed by atoms with Crippen LogP contribution in [0.25, 0.3) is 21.5 Å². The van der Waals surface area contributed by atoms with E-state index in [4.69, 9.17) is 9.47 Å². The molecule has 0 aliphatic heterocycles. The zero-order valence-corrected chi connectivity index (χ0v) is 18.6. The number of nitrogens with zero attached hydrogens (tertiary/aromatic N) is 1. The molecule has 4 aromatic carbocycles. The minimum absolute atomic E-state index is 0.0496. The molecule has 8 heteroatoms. The standard InChI is InChI=1S/C26H22N2O6/c1-33-23-12-11-19(28(31)32)14-18(23)15-22(26(30)34-2)27-25(29)24-20-9-5-3-7-16(20)13-17-8-4-6-10-21(17)24/h3-14,22H,15H2,1-2H3,(H,27,29)/t22-/m0/s1. The number of amides is 1. The van der Waals surface area contributed by atoms with Crippen LogP contribution in [0.15, 0.2) is 72.8 Å². The van der Waals surface area contributed by atoms with Crippen LogP contribution in [0.4, 0.5) is 5.69 Å². The van der Waals surface area contributed by atoms with Crippen LogP contribution in [-0.2, 0) is 16.0 Å². The van der Waals surface area contributed by atoms with Gasteiger partial charge in [0.15, 0.2) is 0 Å². The Bertz CT molecular complexity index is 1360. The van der Waals surface area contributed by atoms with E-state index in [1.165, 1.54) is 32.4 Å². The second kappa shape index (κ2) is 9.58. The summed E-state index contributed by atoms with van der Waals surface area (Å²) in [7, 11) is 2.65. The topological polar surface area (TPSA) is 108 Å². The first kappa shape index (κ1) is 22.7. The van der Waals surface area contributed by atoms with E-state index in [1.807, 2.05) is 54.6 Å². The van der Waals surface area contributed by atoms with Gasteiger partial charge in [0.05, 0.1) is 24.7 Å². The van der Waals surface area contributed by atoms with Crippen molar-refractivity contribution < 1.29 is 24.0 Å². The predicted molar refractivity (Wildman–Crippen MR) is 128 cm³/mol. The third-order valence-corrected chi connectivity index (χ3v) is 5.69. The highest BCUT2D eigenvalue weighted by Gasteiger charge is 2.26. The van der Waals surface area contributed by atoms with Gasteiger partial charge in [-0.15, -0.1) is 0 Å². The maximum atomic E-state index is 13.6. The number of esters is 1. The van der Waals surface area contributed by atoms with Crippen molar-refractivity contribution in [1.29, 1.82) is 0 Å². The Hall–Kier alpha value is -4.46. The summed E-state index contributed by atoms with van der Waals surface area (Å²) in [4.78, 5) is 36.9. The van der Waals surface area contributed by atoms with E-state index in [9.17, 15) is 19.7 Å². The normalized spacial score (nSPS) is 11.7. The lowest BCUT2D eigenvalue weighted by Crippen LogP contribution is -2.43. The molecule has 1 amide bonds. The van der Waals surface area contributed by atoms with Crippen LogP contribution in [0.3, 0.4) is 0 Å². The van der Waals surface area contributed by atoms with Gasteiger partial charge in [-0.25, -0.2) is 4.79 Å². The van der Waals surface area contributed by atoms with Gasteiger partial charge >= 0.3 is 5.97 Å². The fraction of sp³-hybridized carbons (Fsp3) is 0.154. The van der Waals surface area contributed by atoms with Crippen molar-refractivity contribution in [2.24, 2.45) is 0 Å². The molecule has 0 saturated heterocycles. The molecule has 0 bridgehead atoms. The average Bonchev–Trinajstić information content (AvgIpc) is 2.86. The molecule has 0 heterocycles. The fourth-order valence-corrected chi connectivity index (χ4v) is 4.08. The summed E-state index contributed by atoms with van der Waals surface area (Å²) in [5.74, 6) is -0.761. The van der Waals surface area contributed by atoms with Crippen molar-refractivity contribution in [2.45, 2.75) is 12.5 Å². The predicted octanol–water partition coefficient (Wildman–Crippen LogP) is 4.42. The van der Waals surface area contributed by atoms with Crippen LogP contribution < -0.4 is 10.1 Å². The quantitative estimate of drug-likeness (QED) is 0.190. The van der Waals surface area contributed by atoms with Gasteiger partial charge in [0, 0.05) is 24.1 Å². The number of nitrogens with one attached hydrogen (secondary N) is 1. The molecular formula is C26H22N2O6. The molecule has 0 aliphatic carbocycles. The first-order valence-electron chi connectivity index (χ1n) is 10.5. The molecular weight excluding hydrogens is 436 g/mol. The number of rotatable bonds is 7. The van der Waals surface area contributed by atoms with Crippen molar-refractivity contribution in [3.63, 3.8) is 0 Å². The highest BCUT2D eigenvalue weighted by atomic mass is 16.6. The van der Waals surface area contributed by atoms with Crippen molar-refractivity contribution in [1.82, 2.24) is 5.32 Å². The zero-order chi connectivity index (χ0) is 24.2. The van der Waals surface area contributed by atoms with Gasteiger partial charge in [0.25, 0.3) is 11.6 Å². The van der Waals surface area contributed by atoms with Crippen molar-refractivity contribution in [3.05, 3.63) is 94.0 Å². The molecule has 0 saturated carbocycles. The summed E-state index contributed by atoms with van der Waals surface area (Å²) in [5, 5.41) is 17.3. The van der Waals surface area contributed by atoms with Crippen LogP contribution in [-0.4, -0.2) is 37.1 Å². The van der Waals surface area contributed by atoms with Crippen molar-refractivity contribution in [3.8, 4) is 5.75 Å². The SMILES string of the molecule is COC(=O)[C@H](Cc1cc([N+](=O)[O-])ccc1OC)NC(=O)c1c2ccccc2cc2ccccc12.